The number of hydrogen-bond donors (Lipinski definition) is 7. The predicted octanol–water partition coefficient (Wildman–Crippen LogP) is 9.26. The third-order valence-electron chi connectivity index (χ3n) is 17.5. The van der Waals surface area contributed by atoms with E-state index < -0.39 is 98.5 Å². The van der Waals surface area contributed by atoms with E-state index in [0.29, 0.717) is 52.6 Å². The number of nitrogens with two attached hydrogens (primary N) is 1. The Hall–Kier alpha value is -9.88. The average molecular weight is 1980 g/mol. The molecule has 0 spiro atoms. The molecule has 0 radical (unpaired) electrons. The maximum Gasteiger partial charge on any atom is 0.340 e. The Kier molecular flexibility index (Phi) is 32.3. The van der Waals surface area contributed by atoms with Crippen LogP contribution in [0.3, 0.4) is 0 Å². The second kappa shape index (κ2) is 41.5. The Labute approximate surface area is 700 Å². The molecule has 8 N–H and O–H groups in total. The molecule has 117 heavy (non-hydrogen) atoms. The van der Waals surface area contributed by atoms with Crippen LogP contribution in [0.5, 0.6) is 11.8 Å². The maximum absolute atomic E-state index is 15.1. The number of aliphatic hydroxyl groups excluding tert-OH is 4. The molecule has 1 amide bonds. The largest absolute Gasteiger partial charge is 0.424 e. The van der Waals surface area contributed by atoms with Crippen molar-refractivity contribution >= 4 is 135 Å². The number of hydrogen-bond acceptors (Lipinski definition) is 23. The van der Waals surface area contributed by atoms with Gasteiger partial charge in [0, 0.05) is 120 Å². The van der Waals surface area contributed by atoms with Crippen LogP contribution in [0.2, 0.25) is 0 Å². The second-order valence-corrected chi connectivity index (χ2v) is 30.6. The molecule has 1 saturated heterocycles. The molecule has 7 heterocycles. The minimum atomic E-state index is -4.21. The predicted molar refractivity (Wildman–Crippen MR) is 437 cm³/mol. The van der Waals surface area contributed by atoms with Gasteiger partial charge in [0.1, 0.15) is 53.7 Å². The number of amides is 1. The van der Waals surface area contributed by atoms with E-state index in [9.17, 15) is 73.4 Å². The molecule has 0 saturated carbocycles. The highest BCUT2D eigenvalue weighted by atomic mass is 127. The molecule has 1 aliphatic heterocycles. The summed E-state index contributed by atoms with van der Waals surface area (Å²) in [6.07, 6.45) is 4.47. The Morgan fingerprint density at radius 1 is 0.658 bits per heavy atom. The molecule has 29 nitrogen and oxygen atoms in total. The van der Waals surface area contributed by atoms with E-state index in [1.165, 1.54) is 78.7 Å². The zero-order chi connectivity index (χ0) is 85.3. The number of ether oxygens (including phenoxy) is 3. The van der Waals surface area contributed by atoms with E-state index in [-0.39, 0.29) is 163 Å². The average Bonchev–Trinajstić information content (AvgIpc) is 0.749. The molecule has 12 rings (SSSR count). The first-order valence-corrected chi connectivity index (χ1v) is 39.6. The van der Waals surface area contributed by atoms with E-state index in [1.54, 1.807) is 68.1 Å². The topological polar surface area (TPSA) is 404 Å². The Morgan fingerprint density at radius 2 is 1.27 bits per heavy atom. The number of benzene rings is 5. The van der Waals surface area contributed by atoms with Gasteiger partial charge in [0.25, 0.3) is 26.9 Å². The van der Waals surface area contributed by atoms with Gasteiger partial charge in [-0.2, -0.15) is 12.8 Å². The van der Waals surface area contributed by atoms with Gasteiger partial charge in [-0.3, -0.25) is 47.5 Å². The molecule has 0 unspecified atom stereocenters. The highest BCUT2D eigenvalue weighted by molar-refractivity contribution is 14.1. The number of aromatic nitrogens is 7. The second-order valence-electron chi connectivity index (χ2n) is 25.6. The van der Waals surface area contributed by atoms with Crippen LogP contribution in [0, 0.1) is 65.3 Å². The summed E-state index contributed by atoms with van der Waals surface area (Å²) in [7, 11) is -1.39. The van der Waals surface area contributed by atoms with Gasteiger partial charge in [-0.25, -0.2) is 61.3 Å². The minimum absolute atomic E-state index is 0.0436. The number of rotatable bonds is 27. The Morgan fingerprint density at radius 3 is 1.88 bits per heavy atom. The number of hydroxylamine groups is 2. The number of halogens is 10. The van der Waals surface area contributed by atoms with Crippen molar-refractivity contribution in [3.05, 3.63) is 276 Å². The fourth-order valence-electron chi connectivity index (χ4n) is 11.6. The number of Topliss-reactive ketones (excluding diaryl/α,β-unsaturated/α-hetero) is 2. The summed E-state index contributed by atoms with van der Waals surface area (Å²) in [5, 5.41) is 44.8. The number of aliphatic hydroxyl groups is 4. The van der Waals surface area contributed by atoms with E-state index in [0.717, 1.165) is 30.2 Å². The molecule has 1 atom stereocenters. The summed E-state index contributed by atoms with van der Waals surface area (Å²) in [6.45, 7) is 1.10. The zero-order valence-corrected chi connectivity index (χ0v) is 69.4. The molecular formula is C77H71F7I3N11O18S. The summed E-state index contributed by atoms with van der Waals surface area (Å²) in [5.74, 6) is -7.96. The highest BCUT2D eigenvalue weighted by Crippen LogP contribution is 2.32. The lowest BCUT2D eigenvalue weighted by atomic mass is 9.94. The van der Waals surface area contributed by atoms with Crippen molar-refractivity contribution in [2.45, 2.75) is 65.1 Å². The van der Waals surface area contributed by atoms with Gasteiger partial charge >= 0.3 is 11.6 Å². The number of ketones is 2. The SMILES string of the molecule is Cc1c(Cc2ccnc(NS(N)(=O)=O)c2F)c(=O)oc2cc(Oc3ncccn3)ccc12.Cc1cc(C(=O)COCCO)c(Cc2ccc(I)cc2F)n(C)c1=O.Cn1c(=O)c(F)c(Nc2ccc(I)cc2F)c2c(=O)n(C[C@@H](O)CO)cnc21.O=C(COCCO)c1cc(CN2OCCCC2=O)c(F)c(F)c1Cc1ccc(I)cc1F. The number of carbonyl (C=O) groups excluding carboxylic acids is 3. The number of carbonyl (C=O) groups is 3. The molecule has 1 aliphatic rings. The number of nitrogens with one attached hydrogen (secondary N) is 2. The van der Waals surface area contributed by atoms with Crippen LogP contribution in [-0.4, -0.2) is 144 Å². The summed E-state index contributed by atoms with van der Waals surface area (Å²) in [6, 6.07) is 24.0. The van der Waals surface area contributed by atoms with Crippen LogP contribution in [0.15, 0.2) is 146 Å². The lowest BCUT2D eigenvalue weighted by Gasteiger charge is -2.26. The summed E-state index contributed by atoms with van der Waals surface area (Å²) in [5.41, 5.74) is -1.37. The van der Waals surface area contributed by atoms with Crippen molar-refractivity contribution in [1.82, 2.24) is 38.7 Å². The van der Waals surface area contributed by atoms with E-state index in [4.69, 9.17) is 43.9 Å². The monoisotopic (exact) mass is 1980 g/mol. The molecule has 618 valence electrons. The number of nitrogens with zero attached hydrogens (tertiary/aromatic N) is 8. The van der Waals surface area contributed by atoms with Crippen molar-refractivity contribution in [3.8, 4) is 11.8 Å². The molecular weight excluding hydrogens is 1910 g/mol. The maximum atomic E-state index is 15.1. The van der Waals surface area contributed by atoms with Gasteiger partial charge in [0.2, 0.25) is 11.7 Å². The zero-order valence-electron chi connectivity index (χ0n) is 62.1. The van der Waals surface area contributed by atoms with Gasteiger partial charge in [0.05, 0.1) is 70.2 Å². The van der Waals surface area contributed by atoms with Crippen molar-refractivity contribution in [1.29, 1.82) is 0 Å². The van der Waals surface area contributed by atoms with E-state index in [1.807, 2.05) is 67.8 Å². The van der Waals surface area contributed by atoms with Crippen LogP contribution in [-0.2, 0) is 75.8 Å². The van der Waals surface area contributed by atoms with Gasteiger partial charge in [-0.05, 0) is 189 Å². The first kappa shape index (κ1) is 91.0. The van der Waals surface area contributed by atoms with Crippen molar-refractivity contribution in [2.75, 3.05) is 62.9 Å². The number of aryl methyl sites for hydroxylation is 3. The van der Waals surface area contributed by atoms with Crippen LogP contribution < -0.4 is 42.2 Å². The van der Waals surface area contributed by atoms with Gasteiger partial charge < -0.3 is 48.9 Å². The van der Waals surface area contributed by atoms with E-state index in [2.05, 4.69) is 25.3 Å². The third-order valence-corrected chi connectivity index (χ3v) is 20.0. The Bertz CT molecular complexity index is 5940. The van der Waals surface area contributed by atoms with Crippen molar-refractivity contribution < 1.29 is 97.4 Å². The molecule has 6 aromatic heterocycles. The lowest BCUT2D eigenvalue weighted by Crippen LogP contribution is -2.35. The smallest absolute Gasteiger partial charge is 0.340 e. The summed E-state index contributed by atoms with van der Waals surface area (Å²) in [4.78, 5) is 108. The first-order chi connectivity index (χ1) is 55.6. The van der Waals surface area contributed by atoms with E-state index >= 15 is 4.39 Å². The number of fused-ring (bicyclic) bond motifs is 2. The van der Waals surface area contributed by atoms with Gasteiger partial charge in [0.15, 0.2) is 40.5 Å². The first-order valence-electron chi connectivity index (χ1n) is 34.8. The van der Waals surface area contributed by atoms with Crippen LogP contribution in [0.1, 0.15) is 83.8 Å². The standard InChI is InChI=1S/C22H21F3INO5.C20H16FN5O5S.C18H19FINO4.C17H15F2IN4O4/c23-18-10-15(26)4-3-13(18)8-17-16(19(29)12-31-7-5-28)9-14(21(24)22(17)25)11-27-20(30)2-1-6-32-27;1-11-14-4-3-13(30-20-24-6-2-7-25-20)10-16(14)31-19(27)15(11)9-12-5-8-23-18(17(12)21)26-32(22,28)29;1-11-7-14(17(23)10-25-6-5-22)16(21(2)18(11)24)8-12-3-4-13(20)9-15(12)19;1-23-15-12(16(27)24(7-21-15)5-9(26)6-25)14(13(19)17(23)28)22-11-3-2-8(20)4-10(11)18/h3-4,9-10,28H,1-2,5-8,11-12H2;2-8,10H,9H2,1H3,(H,23,26)(H2,22,28,29);3-4,7,9,22H,5-6,8,10H2,1-2H3;2-4,7,9,22,25-26H,5-6H2,1H3/t;;;9-/m...1/s1. The van der Waals surface area contributed by atoms with Crippen LogP contribution >= 0.6 is 67.8 Å². The summed E-state index contributed by atoms with van der Waals surface area (Å²) < 4.78 is 153. The summed E-state index contributed by atoms with van der Waals surface area (Å²) >= 11 is 5.85. The number of anilines is 3. The fraction of sp³-hybridized carbons (Fsp3) is 0.260. The highest BCUT2D eigenvalue weighted by Gasteiger charge is 2.29. The van der Waals surface area contributed by atoms with Crippen LogP contribution in [0.25, 0.3) is 22.0 Å². The molecule has 1 fully saturated rings. The van der Waals surface area contributed by atoms with Crippen molar-refractivity contribution in [3.63, 3.8) is 0 Å². The molecule has 11 aromatic rings. The molecule has 40 heteroatoms. The third kappa shape index (κ3) is 23.5. The quantitative estimate of drug-likeness (QED) is 0.00828. The van der Waals surface area contributed by atoms with Crippen LogP contribution in [0.4, 0.5) is 47.9 Å². The minimum Gasteiger partial charge on any atom is -0.424 e. The van der Waals surface area contributed by atoms with Gasteiger partial charge in [-0.1, -0.05) is 12.1 Å². The lowest BCUT2D eigenvalue weighted by molar-refractivity contribution is -0.202. The molecule has 0 aliphatic carbocycles. The van der Waals surface area contributed by atoms with Crippen molar-refractivity contribution in [2.24, 2.45) is 19.2 Å². The molecule has 0 bridgehead atoms. The van der Waals surface area contributed by atoms with Gasteiger partial charge in [-0.15, -0.1) is 0 Å². The normalized spacial score (nSPS) is 12.3. The Balaban J connectivity index is 0.000000179. The fourth-order valence-corrected chi connectivity index (χ4v) is 13.4. The number of pyridine rings is 3. The molecule has 5 aromatic carbocycles.